The third kappa shape index (κ3) is 3.53. The quantitative estimate of drug-likeness (QED) is 0.396. The van der Waals surface area contributed by atoms with E-state index in [1.807, 2.05) is 20.8 Å². The second kappa shape index (κ2) is 9.07. The average Bonchev–Trinajstić information content (AvgIpc) is 2.80. The molecule has 10 heteroatoms. The van der Waals surface area contributed by atoms with Crippen molar-refractivity contribution in [3.05, 3.63) is 28.8 Å². The lowest BCUT2D eigenvalue weighted by atomic mass is 9.49. The summed E-state index contributed by atoms with van der Waals surface area (Å²) < 4.78 is 0. The summed E-state index contributed by atoms with van der Waals surface area (Å²) in [6.45, 7) is 7.57. The molecular weight excluding hydrogens is 492 g/mol. The van der Waals surface area contributed by atoms with Crippen LogP contribution in [0.25, 0.3) is 0 Å². The molecule has 0 aliphatic heterocycles. The number of fused-ring (bicyclic) bond motifs is 3. The maximum Gasteiger partial charge on any atom is 0.235 e. The number of phenolic OH excluding ortho intramolecular Hbond substituents is 1. The summed E-state index contributed by atoms with van der Waals surface area (Å²) in [6, 6.07) is 2.07. The van der Waals surface area contributed by atoms with Gasteiger partial charge in [-0.05, 0) is 37.4 Å². The van der Waals surface area contributed by atoms with Crippen molar-refractivity contribution >= 4 is 29.0 Å². The van der Waals surface area contributed by atoms with Crippen molar-refractivity contribution in [1.29, 1.82) is 0 Å². The van der Waals surface area contributed by atoms with Crippen LogP contribution in [-0.4, -0.2) is 81.1 Å². The highest BCUT2D eigenvalue weighted by molar-refractivity contribution is 6.32. The summed E-state index contributed by atoms with van der Waals surface area (Å²) in [5, 5.41) is 34.6. The average molecular weight is 529 g/mol. The van der Waals surface area contributed by atoms with Crippen LogP contribution in [0, 0.1) is 23.7 Å². The number of hydrogen-bond acceptors (Lipinski definition) is 9. The van der Waals surface area contributed by atoms with Crippen molar-refractivity contribution in [3.63, 3.8) is 0 Å². The molecule has 0 spiro atoms. The maximum absolute atomic E-state index is 14.0. The number of likely N-dealkylation sites (N-methyl/N-ethyl adjacent to an activating group) is 1. The lowest BCUT2D eigenvalue weighted by molar-refractivity contribution is -0.196. The number of carbonyl (C=O) groups is 5. The number of aliphatic hydroxyl groups is 2. The molecular formula is C28H36N2O8. The molecule has 1 amide bonds. The standard InChI is InChI=1S/C28H36N2O8/c1-7-10-27(3,4)13-9-8-12-11(2)14-16(21(32)15(12)20(13)31)24(35)28(38)18(22(14)33)19(30(5)6)23(34)17(25(28)36)26(29)37/h8-9,11,14,16-19,22,31,33,38H,7,10H2,1-6H3,(H2,29,37)/t11?,14?,16?,17?,18?,19-,22?,28-/m0/s1. The molecule has 4 rings (SSSR count). The molecule has 10 nitrogen and oxygen atoms in total. The number of phenols is 1. The van der Waals surface area contributed by atoms with Crippen LogP contribution in [0.4, 0.5) is 0 Å². The van der Waals surface area contributed by atoms with Crippen molar-refractivity contribution in [2.24, 2.45) is 29.4 Å². The number of primary amides is 1. The summed E-state index contributed by atoms with van der Waals surface area (Å²) in [6.07, 6.45) is -0.0914. The van der Waals surface area contributed by atoms with Crippen LogP contribution >= 0.6 is 0 Å². The minimum atomic E-state index is -3.00. The Morgan fingerprint density at radius 2 is 1.74 bits per heavy atom. The van der Waals surface area contributed by atoms with Crippen molar-refractivity contribution in [3.8, 4) is 5.75 Å². The Bertz CT molecular complexity index is 1250. The van der Waals surface area contributed by atoms with E-state index in [0.29, 0.717) is 11.1 Å². The van der Waals surface area contributed by atoms with Gasteiger partial charge in [0.05, 0.1) is 29.5 Å². The van der Waals surface area contributed by atoms with E-state index in [-0.39, 0.29) is 11.3 Å². The summed E-state index contributed by atoms with van der Waals surface area (Å²) in [5.41, 5.74) is 2.74. The summed E-state index contributed by atoms with van der Waals surface area (Å²) in [7, 11) is 2.92. The Kier molecular flexibility index (Phi) is 6.70. The van der Waals surface area contributed by atoms with Gasteiger partial charge in [0.15, 0.2) is 34.7 Å². The van der Waals surface area contributed by atoms with Gasteiger partial charge in [0.25, 0.3) is 0 Å². The molecule has 1 aromatic rings. The number of carbonyl (C=O) groups excluding carboxylic acids is 5. The van der Waals surface area contributed by atoms with Gasteiger partial charge in [-0.25, -0.2) is 0 Å². The molecule has 8 atom stereocenters. The van der Waals surface area contributed by atoms with Crippen LogP contribution in [0.5, 0.6) is 5.75 Å². The molecule has 0 radical (unpaired) electrons. The predicted molar refractivity (Wildman–Crippen MR) is 135 cm³/mol. The second-order valence-electron chi connectivity index (χ2n) is 11.9. The summed E-state index contributed by atoms with van der Waals surface area (Å²) in [4.78, 5) is 68.0. The highest BCUT2D eigenvalue weighted by Gasteiger charge is 2.72. The third-order valence-corrected chi connectivity index (χ3v) is 9.09. The van der Waals surface area contributed by atoms with E-state index in [1.165, 1.54) is 19.0 Å². The number of aromatic hydroxyl groups is 1. The highest BCUT2D eigenvalue weighted by Crippen LogP contribution is 2.55. The van der Waals surface area contributed by atoms with Gasteiger partial charge in [-0.3, -0.25) is 28.9 Å². The van der Waals surface area contributed by atoms with E-state index in [2.05, 4.69) is 0 Å². The predicted octanol–water partition coefficient (Wildman–Crippen LogP) is 0.477. The Hall–Kier alpha value is -2.95. The molecule has 6 unspecified atom stereocenters. The molecule has 0 heterocycles. The van der Waals surface area contributed by atoms with E-state index in [4.69, 9.17) is 5.73 Å². The zero-order chi connectivity index (χ0) is 28.6. The van der Waals surface area contributed by atoms with E-state index >= 15 is 0 Å². The van der Waals surface area contributed by atoms with Gasteiger partial charge in [0.1, 0.15) is 5.75 Å². The van der Waals surface area contributed by atoms with Crippen LogP contribution in [0.15, 0.2) is 12.1 Å². The van der Waals surface area contributed by atoms with E-state index in [0.717, 1.165) is 12.8 Å². The maximum atomic E-state index is 14.0. The molecule has 3 aliphatic rings. The van der Waals surface area contributed by atoms with Gasteiger partial charge >= 0.3 is 0 Å². The van der Waals surface area contributed by atoms with Crippen molar-refractivity contribution in [2.75, 3.05) is 14.1 Å². The molecule has 0 bridgehead atoms. The zero-order valence-corrected chi connectivity index (χ0v) is 22.5. The fourth-order valence-electron chi connectivity index (χ4n) is 7.29. The first-order valence-electron chi connectivity index (χ1n) is 12.9. The molecule has 2 saturated carbocycles. The number of nitrogens with two attached hydrogens (primary N) is 1. The van der Waals surface area contributed by atoms with Gasteiger partial charge < -0.3 is 21.1 Å². The van der Waals surface area contributed by atoms with Crippen molar-refractivity contribution in [1.82, 2.24) is 4.90 Å². The minimum Gasteiger partial charge on any atom is -0.507 e. The fraction of sp³-hybridized carbons (Fsp3) is 0.607. The summed E-state index contributed by atoms with van der Waals surface area (Å²) in [5.74, 6) is -13.0. The molecule has 206 valence electrons. The Balaban J connectivity index is 1.94. The van der Waals surface area contributed by atoms with Crippen LogP contribution in [0.1, 0.15) is 67.9 Å². The largest absolute Gasteiger partial charge is 0.507 e. The molecule has 3 aliphatic carbocycles. The number of ketones is 4. The molecule has 0 aromatic heterocycles. The van der Waals surface area contributed by atoms with E-state index in [1.54, 1.807) is 19.1 Å². The first kappa shape index (κ1) is 28.1. The number of rotatable bonds is 5. The van der Waals surface area contributed by atoms with Crippen molar-refractivity contribution < 1.29 is 39.3 Å². The first-order chi connectivity index (χ1) is 17.5. The number of amides is 1. The molecule has 5 N–H and O–H groups in total. The van der Waals surface area contributed by atoms with Gasteiger partial charge in [-0.1, -0.05) is 46.2 Å². The first-order valence-corrected chi connectivity index (χ1v) is 12.9. The minimum absolute atomic E-state index is 0.0713. The molecule has 38 heavy (non-hydrogen) atoms. The Labute approximate surface area is 221 Å². The lowest BCUT2D eigenvalue weighted by Gasteiger charge is -2.56. The molecule has 1 aromatic carbocycles. The molecule has 0 saturated heterocycles. The Morgan fingerprint density at radius 3 is 2.26 bits per heavy atom. The normalized spacial score (nSPS) is 35.1. The van der Waals surface area contributed by atoms with Crippen molar-refractivity contribution in [2.45, 2.75) is 69.6 Å². The Morgan fingerprint density at radius 1 is 1.13 bits per heavy atom. The topological polar surface area (TPSA) is 175 Å². The van der Waals surface area contributed by atoms with E-state index < -0.39 is 81.8 Å². The number of hydrogen-bond donors (Lipinski definition) is 4. The number of nitrogens with zero attached hydrogens (tertiary/aromatic N) is 1. The van der Waals surface area contributed by atoms with Crippen LogP contribution in [-0.2, 0) is 24.6 Å². The second-order valence-corrected chi connectivity index (χ2v) is 11.9. The highest BCUT2D eigenvalue weighted by atomic mass is 16.3. The van der Waals surface area contributed by atoms with Gasteiger partial charge in [0, 0.05) is 11.5 Å². The van der Waals surface area contributed by atoms with Gasteiger partial charge in [-0.2, -0.15) is 0 Å². The fourth-order valence-corrected chi connectivity index (χ4v) is 7.29. The van der Waals surface area contributed by atoms with Gasteiger partial charge in [-0.15, -0.1) is 0 Å². The van der Waals surface area contributed by atoms with Gasteiger partial charge in [0.2, 0.25) is 5.91 Å². The summed E-state index contributed by atoms with van der Waals surface area (Å²) >= 11 is 0. The SMILES string of the molecule is CCCC(C)(C)c1ccc2c(c1O)C(=O)C1C(=O)[C@]3(O)C(=O)C(C(N)=O)C(=O)[C@@H](N(C)C)C3C(O)C1C2C. The van der Waals surface area contributed by atoms with Crippen LogP contribution in [0.3, 0.4) is 0 Å². The van der Waals surface area contributed by atoms with E-state index in [9.17, 15) is 39.3 Å². The molecule has 2 fully saturated rings. The number of Topliss-reactive ketones (excluding diaryl/α,β-unsaturated/α-hetero) is 4. The zero-order valence-electron chi connectivity index (χ0n) is 22.5. The van der Waals surface area contributed by atoms with Crippen LogP contribution < -0.4 is 5.73 Å². The number of aliphatic hydroxyl groups excluding tert-OH is 1. The number of benzene rings is 1. The lowest BCUT2D eigenvalue weighted by Crippen LogP contribution is -2.77. The smallest absolute Gasteiger partial charge is 0.235 e. The van der Waals surface area contributed by atoms with Crippen LogP contribution in [0.2, 0.25) is 0 Å². The third-order valence-electron chi connectivity index (χ3n) is 9.09. The monoisotopic (exact) mass is 528 g/mol.